The minimum atomic E-state index is -0.532. The standard InChI is InChI=1S/C20H21N5O2/c26-20(24-27)10-6-14-5-8-16-15(13-14)7-9-17(16)21-11-12-25-22-18-3-1-2-4-19(18)23-25/h1-6,8,10,13,17,21,27H,7,9,11-12H2,(H,24,26). The summed E-state index contributed by atoms with van der Waals surface area (Å²) in [5.41, 5.74) is 6.97. The molecule has 0 saturated heterocycles. The number of fused-ring (bicyclic) bond motifs is 2. The molecule has 1 amide bonds. The van der Waals surface area contributed by atoms with E-state index < -0.39 is 5.91 Å². The van der Waals surface area contributed by atoms with E-state index in [1.165, 1.54) is 17.2 Å². The number of aromatic nitrogens is 3. The van der Waals surface area contributed by atoms with Crippen molar-refractivity contribution in [2.45, 2.75) is 25.4 Å². The minimum absolute atomic E-state index is 0.323. The lowest BCUT2D eigenvalue weighted by atomic mass is 10.0. The Hall–Kier alpha value is -3.03. The fourth-order valence-corrected chi connectivity index (χ4v) is 3.51. The highest BCUT2D eigenvalue weighted by Crippen LogP contribution is 2.31. The summed E-state index contributed by atoms with van der Waals surface area (Å²) in [6.45, 7) is 1.51. The van der Waals surface area contributed by atoms with E-state index in [1.54, 1.807) is 16.4 Å². The Morgan fingerprint density at radius 2 is 2.00 bits per heavy atom. The van der Waals surface area contributed by atoms with Gasteiger partial charge in [-0.05, 0) is 47.7 Å². The molecule has 3 aromatic rings. The average molecular weight is 363 g/mol. The average Bonchev–Trinajstić information content (AvgIpc) is 3.29. The van der Waals surface area contributed by atoms with E-state index >= 15 is 0 Å². The van der Waals surface area contributed by atoms with Gasteiger partial charge >= 0.3 is 0 Å². The summed E-state index contributed by atoms with van der Waals surface area (Å²) in [7, 11) is 0. The summed E-state index contributed by atoms with van der Waals surface area (Å²) in [4.78, 5) is 12.8. The van der Waals surface area contributed by atoms with Crippen molar-refractivity contribution in [2.24, 2.45) is 0 Å². The number of hydroxylamine groups is 1. The third kappa shape index (κ3) is 3.89. The van der Waals surface area contributed by atoms with E-state index in [0.29, 0.717) is 6.04 Å². The fourth-order valence-electron chi connectivity index (χ4n) is 3.51. The van der Waals surface area contributed by atoms with E-state index in [-0.39, 0.29) is 0 Å². The Balaban J connectivity index is 1.36. The lowest BCUT2D eigenvalue weighted by Gasteiger charge is -2.14. The molecule has 0 radical (unpaired) electrons. The van der Waals surface area contributed by atoms with Crippen molar-refractivity contribution in [3.8, 4) is 0 Å². The molecule has 0 fully saturated rings. The van der Waals surface area contributed by atoms with Gasteiger partial charge in [0.05, 0.1) is 6.54 Å². The number of nitrogens with one attached hydrogen (secondary N) is 2. The second-order valence-electron chi connectivity index (χ2n) is 6.60. The van der Waals surface area contributed by atoms with Gasteiger partial charge < -0.3 is 5.32 Å². The van der Waals surface area contributed by atoms with Gasteiger partial charge in [0, 0.05) is 18.7 Å². The zero-order valence-electron chi connectivity index (χ0n) is 14.8. The van der Waals surface area contributed by atoms with Gasteiger partial charge in [-0.15, -0.1) is 0 Å². The van der Waals surface area contributed by atoms with Crippen molar-refractivity contribution in [3.05, 3.63) is 65.2 Å². The van der Waals surface area contributed by atoms with E-state index in [2.05, 4.69) is 27.6 Å². The lowest BCUT2D eigenvalue weighted by molar-refractivity contribution is -0.124. The van der Waals surface area contributed by atoms with Gasteiger partial charge in [0.1, 0.15) is 11.0 Å². The van der Waals surface area contributed by atoms with Crippen LogP contribution in [-0.2, 0) is 17.8 Å². The number of aryl methyl sites for hydroxylation is 1. The number of hydrogen-bond acceptors (Lipinski definition) is 5. The predicted octanol–water partition coefficient (Wildman–Crippen LogP) is 2.23. The predicted molar refractivity (Wildman–Crippen MR) is 102 cm³/mol. The molecule has 1 aliphatic carbocycles. The largest absolute Gasteiger partial charge is 0.308 e. The molecule has 7 heteroatoms. The molecule has 1 atom stereocenters. The van der Waals surface area contributed by atoms with E-state index in [0.717, 1.165) is 42.5 Å². The van der Waals surface area contributed by atoms with Crippen LogP contribution in [0.5, 0.6) is 0 Å². The SMILES string of the molecule is O=C(C=Cc1ccc2c(c1)CCC2NCCn1nc2ccccc2n1)NO. The Kier molecular flexibility index (Phi) is 4.95. The number of rotatable bonds is 6. The smallest absolute Gasteiger partial charge is 0.267 e. The van der Waals surface area contributed by atoms with Crippen LogP contribution in [0.15, 0.2) is 48.5 Å². The van der Waals surface area contributed by atoms with Gasteiger partial charge in [0.2, 0.25) is 0 Å². The molecule has 1 aliphatic rings. The zero-order chi connectivity index (χ0) is 18.6. The quantitative estimate of drug-likeness (QED) is 0.355. The van der Waals surface area contributed by atoms with Crippen molar-refractivity contribution in [1.82, 2.24) is 25.8 Å². The first kappa shape index (κ1) is 17.4. The Bertz CT molecular complexity index is 962. The summed E-state index contributed by atoms with van der Waals surface area (Å²) in [6, 6.07) is 14.4. The van der Waals surface area contributed by atoms with E-state index in [9.17, 15) is 4.79 Å². The maximum Gasteiger partial charge on any atom is 0.267 e. The molecule has 1 unspecified atom stereocenters. The number of hydrogen-bond donors (Lipinski definition) is 3. The number of benzene rings is 2. The van der Waals surface area contributed by atoms with Crippen LogP contribution in [-0.4, -0.2) is 32.7 Å². The molecule has 0 spiro atoms. The maximum atomic E-state index is 11.1. The van der Waals surface area contributed by atoms with E-state index in [1.807, 2.05) is 30.3 Å². The molecule has 7 nitrogen and oxygen atoms in total. The normalized spacial score (nSPS) is 16.1. The van der Waals surface area contributed by atoms with Crippen LogP contribution in [0, 0.1) is 0 Å². The second-order valence-corrected chi connectivity index (χ2v) is 6.60. The Labute approximate surface area is 156 Å². The first-order valence-electron chi connectivity index (χ1n) is 9.01. The first-order chi connectivity index (χ1) is 13.2. The van der Waals surface area contributed by atoms with Crippen molar-refractivity contribution >= 4 is 23.0 Å². The molecular weight excluding hydrogens is 342 g/mol. The number of nitrogens with zero attached hydrogens (tertiary/aromatic N) is 3. The molecule has 1 heterocycles. The highest BCUT2D eigenvalue weighted by atomic mass is 16.5. The van der Waals surface area contributed by atoms with Gasteiger partial charge in [0.25, 0.3) is 5.91 Å². The minimum Gasteiger partial charge on any atom is -0.308 e. The van der Waals surface area contributed by atoms with Crippen LogP contribution in [0.3, 0.4) is 0 Å². The monoisotopic (exact) mass is 363 g/mol. The maximum absolute atomic E-state index is 11.1. The van der Waals surface area contributed by atoms with Gasteiger partial charge in [-0.2, -0.15) is 15.0 Å². The molecule has 0 aliphatic heterocycles. The first-order valence-corrected chi connectivity index (χ1v) is 9.01. The third-order valence-electron chi connectivity index (χ3n) is 4.81. The Morgan fingerprint density at radius 1 is 1.22 bits per heavy atom. The third-order valence-corrected chi connectivity index (χ3v) is 4.81. The van der Waals surface area contributed by atoms with Gasteiger partial charge in [-0.25, -0.2) is 5.48 Å². The van der Waals surface area contributed by atoms with E-state index in [4.69, 9.17) is 5.21 Å². The summed E-state index contributed by atoms with van der Waals surface area (Å²) in [5.74, 6) is -0.532. The van der Waals surface area contributed by atoms with Gasteiger partial charge in [0.15, 0.2) is 0 Å². The van der Waals surface area contributed by atoms with Crippen LogP contribution in [0.25, 0.3) is 17.1 Å². The topological polar surface area (TPSA) is 92.1 Å². The second kappa shape index (κ2) is 7.69. The summed E-state index contributed by atoms with van der Waals surface area (Å²) in [5, 5.41) is 21.1. The molecule has 1 aromatic heterocycles. The van der Waals surface area contributed by atoms with Crippen molar-refractivity contribution in [1.29, 1.82) is 0 Å². The van der Waals surface area contributed by atoms with Gasteiger partial charge in [-0.1, -0.05) is 30.3 Å². The Morgan fingerprint density at radius 3 is 2.74 bits per heavy atom. The molecule has 138 valence electrons. The van der Waals surface area contributed by atoms with Crippen molar-refractivity contribution in [2.75, 3.05) is 6.54 Å². The van der Waals surface area contributed by atoms with Crippen LogP contribution in [0.2, 0.25) is 0 Å². The lowest BCUT2D eigenvalue weighted by Crippen LogP contribution is -2.24. The van der Waals surface area contributed by atoms with Crippen LogP contribution in [0.1, 0.15) is 29.2 Å². The summed E-state index contributed by atoms with van der Waals surface area (Å²) in [6.07, 6.45) is 5.06. The fraction of sp³-hybridized carbons (Fsp3) is 0.250. The van der Waals surface area contributed by atoms with Crippen LogP contribution in [0.4, 0.5) is 0 Å². The summed E-state index contributed by atoms with van der Waals surface area (Å²) < 4.78 is 0. The highest BCUT2D eigenvalue weighted by molar-refractivity contribution is 5.90. The van der Waals surface area contributed by atoms with Crippen molar-refractivity contribution in [3.63, 3.8) is 0 Å². The molecule has 2 aromatic carbocycles. The summed E-state index contributed by atoms with van der Waals surface area (Å²) >= 11 is 0. The molecule has 0 bridgehead atoms. The van der Waals surface area contributed by atoms with Gasteiger partial charge in [-0.3, -0.25) is 10.0 Å². The van der Waals surface area contributed by atoms with Crippen molar-refractivity contribution < 1.29 is 10.0 Å². The number of carbonyl (C=O) groups excluding carboxylic acids is 1. The molecular formula is C20H21N5O2. The number of carbonyl (C=O) groups is 1. The molecule has 4 rings (SSSR count). The zero-order valence-corrected chi connectivity index (χ0v) is 14.8. The molecule has 3 N–H and O–H groups in total. The molecule has 0 saturated carbocycles. The highest BCUT2D eigenvalue weighted by Gasteiger charge is 2.21. The molecule has 27 heavy (non-hydrogen) atoms. The number of amides is 1. The van der Waals surface area contributed by atoms with Crippen LogP contribution >= 0.6 is 0 Å². The van der Waals surface area contributed by atoms with Crippen LogP contribution < -0.4 is 10.8 Å².